The topological polar surface area (TPSA) is 53.1 Å². The maximum atomic E-state index is 4.82. The first-order chi connectivity index (χ1) is 16.9. The van der Waals surface area contributed by atoms with Gasteiger partial charge in [0.2, 0.25) is 5.95 Å². The third kappa shape index (κ3) is 6.94. The van der Waals surface area contributed by atoms with Crippen LogP contribution in [-0.4, -0.2) is 43.2 Å². The Balaban J connectivity index is 1.20. The average molecular weight is 474 g/mol. The molecule has 3 aromatic rings. The lowest BCUT2D eigenvalue weighted by molar-refractivity contribution is 0.318. The second-order valence-corrected chi connectivity index (χ2v) is 11.0. The quantitative estimate of drug-likeness (QED) is 0.364. The second-order valence-electron chi connectivity index (χ2n) is 11.0. The summed E-state index contributed by atoms with van der Waals surface area (Å²) in [7, 11) is 4.08. The van der Waals surface area contributed by atoms with E-state index >= 15 is 0 Å². The molecular weight excluding hydrogens is 430 g/mol. The molecule has 1 aliphatic carbocycles. The molecule has 35 heavy (non-hydrogen) atoms. The van der Waals surface area contributed by atoms with E-state index in [9.17, 15) is 0 Å². The zero-order valence-electron chi connectivity index (χ0n) is 22.2. The molecule has 2 aromatic carbocycles. The largest absolute Gasteiger partial charge is 0.362 e. The predicted octanol–water partition coefficient (Wildman–Crippen LogP) is 6.26. The third-order valence-electron chi connectivity index (χ3n) is 7.34. The number of para-hydroxylation sites is 1. The van der Waals surface area contributed by atoms with Crippen LogP contribution in [0.5, 0.6) is 0 Å². The molecule has 0 bridgehead atoms. The Morgan fingerprint density at radius 2 is 1.63 bits per heavy atom. The fraction of sp³-hybridized carbons (Fsp3) is 0.533. The number of nitrogens with zero attached hydrogens (tertiary/aromatic N) is 3. The van der Waals surface area contributed by atoms with E-state index in [1.165, 1.54) is 36.8 Å². The van der Waals surface area contributed by atoms with E-state index in [0.717, 1.165) is 48.1 Å². The zero-order chi connectivity index (χ0) is 24.8. The maximum Gasteiger partial charge on any atom is 0.225 e. The minimum atomic E-state index is 0.454. The summed E-state index contributed by atoms with van der Waals surface area (Å²) in [5.41, 5.74) is 3.87. The van der Waals surface area contributed by atoms with E-state index < -0.39 is 0 Å². The monoisotopic (exact) mass is 473 g/mol. The van der Waals surface area contributed by atoms with Crippen LogP contribution in [0.1, 0.15) is 63.5 Å². The van der Waals surface area contributed by atoms with Gasteiger partial charge in [-0.3, -0.25) is 0 Å². The van der Waals surface area contributed by atoms with Gasteiger partial charge in [0, 0.05) is 25.5 Å². The summed E-state index contributed by atoms with van der Waals surface area (Å²) in [5, 5.41) is 8.49. The molecule has 2 N–H and O–H groups in total. The summed E-state index contributed by atoms with van der Waals surface area (Å²) in [4.78, 5) is 11.7. The molecule has 1 aliphatic rings. The third-order valence-corrected chi connectivity index (χ3v) is 7.34. The molecule has 0 spiro atoms. The van der Waals surface area contributed by atoms with Crippen LogP contribution < -0.4 is 15.5 Å². The van der Waals surface area contributed by atoms with Gasteiger partial charge < -0.3 is 15.5 Å². The van der Waals surface area contributed by atoms with E-state index in [2.05, 4.69) is 72.7 Å². The summed E-state index contributed by atoms with van der Waals surface area (Å²) in [6, 6.07) is 17.9. The molecule has 5 heteroatoms. The first kappa shape index (κ1) is 25.4. The lowest BCUT2D eigenvalue weighted by atomic mass is 9.86. The maximum absolute atomic E-state index is 4.82. The molecule has 0 amide bonds. The minimum Gasteiger partial charge on any atom is -0.362 e. The molecule has 1 unspecified atom stereocenters. The summed E-state index contributed by atoms with van der Waals surface area (Å²) in [5.74, 6) is 3.74. The van der Waals surface area contributed by atoms with Crippen LogP contribution in [0.15, 0.2) is 48.5 Å². The Kier molecular flexibility index (Phi) is 8.61. The lowest BCUT2D eigenvalue weighted by Gasteiger charge is -2.30. The van der Waals surface area contributed by atoms with Crippen LogP contribution >= 0.6 is 0 Å². The predicted molar refractivity (Wildman–Crippen MR) is 150 cm³/mol. The Hall–Kier alpha value is -2.66. The number of rotatable bonds is 10. The fourth-order valence-electron chi connectivity index (χ4n) is 5.21. The van der Waals surface area contributed by atoms with E-state index in [1.54, 1.807) is 0 Å². The Bertz CT molecular complexity index is 1070. The van der Waals surface area contributed by atoms with Crippen LogP contribution in [0, 0.1) is 11.8 Å². The molecule has 4 rings (SSSR count). The van der Waals surface area contributed by atoms with Gasteiger partial charge >= 0.3 is 0 Å². The first-order valence-electron chi connectivity index (χ1n) is 13.4. The van der Waals surface area contributed by atoms with E-state index in [0.29, 0.717) is 17.9 Å². The SMILES string of the molecule is CC(CNCC1CCC(Nc2nc(N(C)C)c3ccccc3n2)CC1)Cc1ccc(C(C)C)cc1. The van der Waals surface area contributed by atoms with Gasteiger partial charge in [-0.1, -0.05) is 57.2 Å². The molecule has 1 aromatic heterocycles. The van der Waals surface area contributed by atoms with Crippen molar-refractivity contribution in [2.45, 2.75) is 64.8 Å². The highest BCUT2D eigenvalue weighted by atomic mass is 15.2. The fourth-order valence-corrected chi connectivity index (χ4v) is 5.21. The van der Waals surface area contributed by atoms with Crippen molar-refractivity contribution in [3.05, 3.63) is 59.7 Å². The van der Waals surface area contributed by atoms with Crippen molar-refractivity contribution < 1.29 is 0 Å². The molecular formula is C30H43N5. The zero-order valence-corrected chi connectivity index (χ0v) is 22.2. The number of hydrogen-bond donors (Lipinski definition) is 2. The standard InChI is InChI=1S/C30H43N5/c1-21(2)25-14-10-23(11-15-25)18-22(3)19-31-20-24-12-16-26(17-13-24)32-30-33-28-9-7-6-8-27(28)29(34-30)35(4)5/h6-11,14-15,21-22,24,26,31H,12-13,16-20H2,1-5H3,(H,32,33,34). The van der Waals surface area contributed by atoms with E-state index in [-0.39, 0.29) is 0 Å². The van der Waals surface area contributed by atoms with Gasteiger partial charge in [0.05, 0.1) is 5.52 Å². The van der Waals surface area contributed by atoms with E-state index in [1.807, 2.05) is 26.2 Å². The molecule has 5 nitrogen and oxygen atoms in total. The smallest absolute Gasteiger partial charge is 0.225 e. The van der Waals surface area contributed by atoms with Gasteiger partial charge in [0.25, 0.3) is 0 Å². The van der Waals surface area contributed by atoms with Crippen molar-refractivity contribution in [3.8, 4) is 0 Å². The normalized spacial score (nSPS) is 19.1. The van der Waals surface area contributed by atoms with E-state index in [4.69, 9.17) is 9.97 Å². The van der Waals surface area contributed by atoms with Crippen molar-refractivity contribution in [1.82, 2.24) is 15.3 Å². The van der Waals surface area contributed by atoms with Crippen LogP contribution in [0.2, 0.25) is 0 Å². The summed E-state index contributed by atoms with van der Waals surface area (Å²) < 4.78 is 0. The molecule has 0 saturated heterocycles. The van der Waals surface area contributed by atoms with Gasteiger partial charge in [-0.05, 0) is 86.2 Å². The molecule has 1 heterocycles. The Labute approximate surface area is 211 Å². The molecule has 1 atom stereocenters. The first-order valence-corrected chi connectivity index (χ1v) is 13.4. The lowest BCUT2D eigenvalue weighted by Crippen LogP contribution is -2.33. The van der Waals surface area contributed by atoms with Crippen LogP contribution in [-0.2, 0) is 6.42 Å². The van der Waals surface area contributed by atoms with Crippen LogP contribution in [0.4, 0.5) is 11.8 Å². The van der Waals surface area contributed by atoms with Gasteiger partial charge in [0.1, 0.15) is 5.82 Å². The number of fused-ring (bicyclic) bond motifs is 1. The Morgan fingerprint density at radius 1 is 0.914 bits per heavy atom. The highest BCUT2D eigenvalue weighted by Crippen LogP contribution is 2.28. The highest BCUT2D eigenvalue weighted by Gasteiger charge is 2.22. The average Bonchev–Trinajstić information content (AvgIpc) is 2.85. The van der Waals surface area contributed by atoms with Crippen molar-refractivity contribution in [2.24, 2.45) is 11.8 Å². The summed E-state index contributed by atoms with van der Waals surface area (Å²) in [6.07, 6.45) is 6.01. The number of aromatic nitrogens is 2. The van der Waals surface area contributed by atoms with Crippen LogP contribution in [0.3, 0.4) is 0 Å². The molecule has 1 saturated carbocycles. The van der Waals surface area contributed by atoms with Crippen molar-refractivity contribution in [2.75, 3.05) is 37.4 Å². The second kappa shape index (κ2) is 11.9. The number of nitrogens with one attached hydrogen (secondary N) is 2. The van der Waals surface area contributed by atoms with Gasteiger partial charge in [0.15, 0.2) is 0 Å². The molecule has 0 aliphatic heterocycles. The molecule has 1 fully saturated rings. The molecule has 0 radical (unpaired) electrons. The van der Waals surface area contributed by atoms with Gasteiger partial charge in [-0.15, -0.1) is 0 Å². The van der Waals surface area contributed by atoms with Gasteiger partial charge in [-0.2, -0.15) is 4.98 Å². The summed E-state index contributed by atoms with van der Waals surface area (Å²) >= 11 is 0. The minimum absolute atomic E-state index is 0.454. The van der Waals surface area contributed by atoms with Crippen LogP contribution in [0.25, 0.3) is 10.9 Å². The number of benzene rings is 2. The summed E-state index contributed by atoms with van der Waals surface area (Å²) in [6.45, 7) is 9.07. The highest BCUT2D eigenvalue weighted by molar-refractivity contribution is 5.90. The molecule has 188 valence electrons. The van der Waals surface area contributed by atoms with Crippen molar-refractivity contribution in [1.29, 1.82) is 0 Å². The van der Waals surface area contributed by atoms with Crippen molar-refractivity contribution in [3.63, 3.8) is 0 Å². The Morgan fingerprint density at radius 3 is 2.31 bits per heavy atom. The number of anilines is 2. The van der Waals surface area contributed by atoms with Gasteiger partial charge in [-0.25, -0.2) is 4.98 Å². The number of hydrogen-bond acceptors (Lipinski definition) is 5. The van der Waals surface area contributed by atoms with Crippen molar-refractivity contribution >= 4 is 22.7 Å².